The van der Waals surface area contributed by atoms with E-state index in [0.717, 1.165) is 11.1 Å². The van der Waals surface area contributed by atoms with Crippen LogP contribution in [0, 0.1) is 6.92 Å². The predicted molar refractivity (Wildman–Crippen MR) is 104 cm³/mol. The second kappa shape index (κ2) is 10.7. The Labute approximate surface area is 164 Å². The first-order valence-electron chi connectivity index (χ1n) is 8.88. The van der Waals surface area contributed by atoms with E-state index in [-0.39, 0.29) is 19.1 Å². The molecule has 2 rings (SSSR count). The van der Waals surface area contributed by atoms with Crippen LogP contribution in [-0.2, 0) is 20.7 Å². The highest BCUT2D eigenvalue weighted by atomic mass is 16.5. The number of aryl methyl sites for hydroxylation is 1. The smallest absolute Gasteiger partial charge is 0.325 e. The van der Waals surface area contributed by atoms with Crippen LogP contribution in [0.1, 0.15) is 21.5 Å². The molecule has 2 aromatic rings. The monoisotopic (exact) mass is 384 g/mol. The van der Waals surface area contributed by atoms with Crippen molar-refractivity contribution in [2.24, 2.45) is 0 Å². The first kappa shape index (κ1) is 21.0. The average Bonchev–Trinajstić information content (AvgIpc) is 2.72. The van der Waals surface area contributed by atoms with E-state index < -0.39 is 11.9 Å². The summed E-state index contributed by atoms with van der Waals surface area (Å²) in [4.78, 5) is 35.4. The number of ether oxygens (including phenoxy) is 2. The largest absolute Gasteiger partial charge is 0.497 e. The van der Waals surface area contributed by atoms with Crippen LogP contribution in [0.2, 0.25) is 0 Å². The predicted octanol–water partition coefficient (Wildman–Crippen LogP) is 1.64. The summed E-state index contributed by atoms with van der Waals surface area (Å²) in [6.07, 6.45) is 0.699. The number of carbonyl (C=O) groups excluding carboxylic acids is 3. The van der Waals surface area contributed by atoms with Crippen LogP contribution < -0.4 is 15.4 Å². The van der Waals surface area contributed by atoms with Crippen LogP contribution in [0.4, 0.5) is 0 Å². The Hall–Kier alpha value is -3.35. The van der Waals surface area contributed by atoms with Crippen molar-refractivity contribution in [2.45, 2.75) is 13.3 Å². The Kier molecular flexibility index (Phi) is 8.02. The van der Waals surface area contributed by atoms with Gasteiger partial charge in [-0.05, 0) is 48.7 Å². The molecule has 0 atom stereocenters. The van der Waals surface area contributed by atoms with Gasteiger partial charge in [0.2, 0.25) is 0 Å². The summed E-state index contributed by atoms with van der Waals surface area (Å²) in [5.41, 5.74) is 2.71. The molecule has 0 saturated carbocycles. The SMILES string of the molecule is COc1ccc(C(=O)NCC(=O)OCC(=O)NCCc2ccccc2C)cc1. The quantitative estimate of drug-likeness (QED) is 0.641. The zero-order valence-electron chi connectivity index (χ0n) is 16.0. The van der Waals surface area contributed by atoms with E-state index >= 15 is 0 Å². The number of amides is 2. The van der Waals surface area contributed by atoms with Gasteiger partial charge >= 0.3 is 5.97 Å². The second-order valence-corrected chi connectivity index (χ2v) is 6.10. The molecule has 0 aliphatic heterocycles. The molecular weight excluding hydrogens is 360 g/mol. The van der Waals surface area contributed by atoms with Gasteiger partial charge in [0, 0.05) is 12.1 Å². The van der Waals surface area contributed by atoms with Crippen molar-refractivity contribution in [2.75, 3.05) is 26.8 Å². The van der Waals surface area contributed by atoms with E-state index in [1.165, 1.54) is 7.11 Å². The van der Waals surface area contributed by atoms with Gasteiger partial charge in [0.05, 0.1) is 7.11 Å². The molecule has 0 heterocycles. The van der Waals surface area contributed by atoms with Crippen molar-refractivity contribution in [3.63, 3.8) is 0 Å². The molecule has 0 saturated heterocycles. The van der Waals surface area contributed by atoms with Crippen molar-refractivity contribution >= 4 is 17.8 Å². The van der Waals surface area contributed by atoms with Crippen molar-refractivity contribution in [3.05, 3.63) is 65.2 Å². The van der Waals surface area contributed by atoms with Gasteiger partial charge in [0.1, 0.15) is 12.3 Å². The van der Waals surface area contributed by atoms with E-state index in [0.29, 0.717) is 24.3 Å². The Morgan fingerprint density at radius 2 is 1.68 bits per heavy atom. The van der Waals surface area contributed by atoms with Crippen molar-refractivity contribution in [3.8, 4) is 5.75 Å². The summed E-state index contributed by atoms with van der Waals surface area (Å²) in [5.74, 6) is -0.856. The van der Waals surface area contributed by atoms with Gasteiger partial charge in [0.25, 0.3) is 11.8 Å². The Balaban J connectivity index is 1.63. The highest BCUT2D eigenvalue weighted by molar-refractivity contribution is 5.96. The van der Waals surface area contributed by atoms with Crippen LogP contribution in [0.15, 0.2) is 48.5 Å². The minimum Gasteiger partial charge on any atom is -0.497 e. The zero-order valence-corrected chi connectivity index (χ0v) is 16.0. The highest BCUT2D eigenvalue weighted by Gasteiger charge is 2.11. The number of rotatable bonds is 9. The topological polar surface area (TPSA) is 93.7 Å². The first-order valence-corrected chi connectivity index (χ1v) is 8.88. The molecule has 0 bridgehead atoms. The van der Waals surface area contributed by atoms with E-state index in [1.807, 2.05) is 31.2 Å². The molecule has 28 heavy (non-hydrogen) atoms. The summed E-state index contributed by atoms with van der Waals surface area (Å²) >= 11 is 0. The lowest BCUT2D eigenvalue weighted by atomic mass is 10.1. The minimum atomic E-state index is -0.684. The Morgan fingerprint density at radius 1 is 0.964 bits per heavy atom. The van der Waals surface area contributed by atoms with Gasteiger partial charge in [0.15, 0.2) is 6.61 Å². The number of benzene rings is 2. The first-order chi connectivity index (χ1) is 13.5. The third-order valence-corrected chi connectivity index (χ3v) is 4.09. The van der Waals surface area contributed by atoms with Gasteiger partial charge in [-0.2, -0.15) is 0 Å². The zero-order chi connectivity index (χ0) is 20.4. The van der Waals surface area contributed by atoms with E-state index in [4.69, 9.17) is 9.47 Å². The van der Waals surface area contributed by atoms with Gasteiger partial charge in [-0.15, -0.1) is 0 Å². The van der Waals surface area contributed by atoms with Crippen molar-refractivity contribution in [1.29, 1.82) is 0 Å². The third kappa shape index (κ3) is 6.75. The molecule has 0 aliphatic rings. The fourth-order valence-electron chi connectivity index (χ4n) is 2.47. The number of esters is 1. The molecule has 0 unspecified atom stereocenters. The summed E-state index contributed by atoms with van der Waals surface area (Å²) in [7, 11) is 1.53. The lowest BCUT2D eigenvalue weighted by molar-refractivity contribution is -0.147. The summed E-state index contributed by atoms with van der Waals surface area (Å²) in [6, 6.07) is 14.4. The van der Waals surface area contributed by atoms with Crippen LogP contribution in [0.5, 0.6) is 5.75 Å². The maximum Gasteiger partial charge on any atom is 0.325 e. The number of hydrogen-bond donors (Lipinski definition) is 2. The number of methoxy groups -OCH3 is 1. The molecular formula is C21H24N2O5. The molecule has 7 nitrogen and oxygen atoms in total. The summed E-state index contributed by atoms with van der Waals surface area (Å²) in [6.45, 7) is 1.76. The number of carbonyl (C=O) groups is 3. The van der Waals surface area contributed by atoms with Gasteiger partial charge in [-0.1, -0.05) is 24.3 Å². The number of hydrogen-bond acceptors (Lipinski definition) is 5. The average molecular weight is 384 g/mol. The molecule has 0 spiro atoms. The van der Waals surface area contributed by atoms with Crippen LogP contribution in [-0.4, -0.2) is 44.6 Å². The molecule has 2 amide bonds. The normalized spacial score (nSPS) is 10.1. The van der Waals surface area contributed by atoms with E-state index in [2.05, 4.69) is 10.6 Å². The minimum absolute atomic E-state index is 0.318. The lowest BCUT2D eigenvalue weighted by Gasteiger charge is -2.09. The van der Waals surface area contributed by atoms with Gasteiger partial charge in [-0.25, -0.2) is 0 Å². The summed E-state index contributed by atoms with van der Waals surface area (Å²) < 4.78 is 9.88. The van der Waals surface area contributed by atoms with E-state index in [9.17, 15) is 14.4 Å². The fraction of sp³-hybridized carbons (Fsp3) is 0.286. The second-order valence-electron chi connectivity index (χ2n) is 6.10. The maximum absolute atomic E-state index is 12.0. The lowest BCUT2D eigenvalue weighted by Crippen LogP contribution is -2.34. The Bertz CT molecular complexity index is 818. The summed E-state index contributed by atoms with van der Waals surface area (Å²) in [5, 5.41) is 5.14. The maximum atomic E-state index is 12.0. The highest BCUT2D eigenvalue weighted by Crippen LogP contribution is 2.11. The Morgan fingerprint density at radius 3 is 2.36 bits per heavy atom. The number of nitrogens with one attached hydrogen (secondary N) is 2. The van der Waals surface area contributed by atoms with Crippen molar-refractivity contribution in [1.82, 2.24) is 10.6 Å². The molecule has 0 radical (unpaired) electrons. The molecule has 2 N–H and O–H groups in total. The third-order valence-electron chi connectivity index (χ3n) is 4.09. The standard InChI is InChI=1S/C21H24N2O5/c1-15-5-3-4-6-16(15)11-12-22-19(24)14-28-20(25)13-23-21(26)17-7-9-18(27-2)10-8-17/h3-10H,11-14H2,1-2H3,(H,22,24)(H,23,26). The van der Waals surface area contributed by atoms with Crippen molar-refractivity contribution < 1.29 is 23.9 Å². The van der Waals surface area contributed by atoms with Crippen LogP contribution in [0.25, 0.3) is 0 Å². The van der Waals surface area contributed by atoms with E-state index in [1.54, 1.807) is 24.3 Å². The molecule has 0 aromatic heterocycles. The molecule has 0 aliphatic carbocycles. The van der Waals surface area contributed by atoms with Gasteiger partial charge in [-0.3, -0.25) is 14.4 Å². The molecule has 2 aromatic carbocycles. The van der Waals surface area contributed by atoms with Gasteiger partial charge < -0.3 is 20.1 Å². The molecule has 0 fully saturated rings. The molecule has 7 heteroatoms. The molecule has 148 valence electrons. The fourth-order valence-corrected chi connectivity index (χ4v) is 2.47. The van der Waals surface area contributed by atoms with Crippen LogP contribution in [0.3, 0.4) is 0 Å². The van der Waals surface area contributed by atoms with Crippen LogP contribution >= 0.6 is 0 Å².